The van der Waals surface area contributed by atoms with Crippen LogP contribution in [0, 0.1) is 0 Å². The Labute approximate surface area is 158 Å². The fourth-order valence-electron chi connectivity index (χ4n) is 1.95. The van der Waals surface area contributed by atoms with Gasteiger partial charge in [-0.25, -0.2) is 4.98 Å². The number of methoxy groups -OCH3 is 1. The van der Waals surface area contributed by atoms with Gasteiger partial charge >= 0.3 is 0 Å². The van der Waals surface area contributed by atoms with Crippen LogP contribution in [0.5, 0.6) is 5.75 Å². The second-order valence-corrected chi connectivity index (χ2v) is 4.97. The van der Waals surface area contributed by atoms with Crippen LogP contribution in [0.3, 0.4) is 0 Å². The van der Waals surface area contributed by atoms with Crippen LogP contribution in [0.25, 0.3) is 0 Å². The number of para-hydroxylation sites is 1. The van der Waals surface area contributed by atoms with Crippen molar-refractivity contribution in [2.45, 2.75) is 13.1 Å². The minimum absolute atomic E-state index is 0. The number of hydrogen-bond acceptors (Lipinski definition) is 3. The van der Waals surface area contributed by atoms with Gasteiger partial charge in [0.25, 0.3) is 0 Å². The van der Waals surface area contributed by atoms with Gasteiger partial charge in [0.05, 0.1) is 7.11 Å². The lowest BCUT2D eigenvalue weighted by molar-refractivity contribution is 0.409. The molecule has 0 unspecified atom stereocenters. The van der Waals surface area contributed by atoms with Crippen LogP contribution < -0.4 is 15.4 Å². The van der Waals surface area contributed by atoms with Crippen molar-refractivity contribution in [3.8, 4) is 5.75 Å². The van der Waals surface area contributed by atoms with Gasteiger partial charge in [0.2, 0.25) is 0 Å². The summed E-state index contributed by atoms with van der Waals surface area (Å²) in [6.07, 6.45) is 1.74. The molecule has 0 amide bonds. The van der Waals surface area contributed by atoms with E-state index in [9.17, 15) is 0 Å². The van der Waals surface area contributed by atoms with Crippen LogP contribution in [0.2, 0.25) is 5.15 Å². The molecular weight excluding hydrogens is 427 g/mol. The van der Waals surface area contributed by atoms with E-state index < -0.39 is 0 Å². The van der Waals surface area contributed by atoms with Crippen LogP contribution in [0.4, 0.5) is 0 Å². The monoisotopic (exact) mass is 446 g/mol. The van der Waals surface area contributed by atoms with Gasteiger partial charge in [0.1, 0.15) is 10.9 Å². The molecule has 0 fully saturated rings. The van der Waals surface area contributed by atoms with Crippen LogP contribution in [0.1, 0.15) is 11.1 Å². The molecule has 0 aliphatic heterocycles. The van der Waals surface area contributed by atoms with Crippen molar-refractivity contribution in [3.05, 3.63) is 58.9 Å². The molecule has 0 radical (unpaired) electrons. The van der Waals surface area contributed by atoms with Crippen molar-refractivity contribution in [2.75, 3.05) is 14.2 Å². The Morgan fingerprint density at radius 1 is 1.17 bits per heavy atom. The quantitative estimate of drug-likeness (QED) is 0.320. The van der Waals surface area contributed by atoms with E-state index in [0.717, 1.165) is 16.9 Å². The first-order chi connectivity index (χ1) is 10.7. The van der Waals surface area contributed by atoms with Crippen molar-refractivity contribution < 1.29 is 4.74 Å². The fourth-order valence-corrected chi connectivity index (χ4v) is 2.06. The summed E-state index contributed by atoms with van der Waals surface area (Å²) in [5.74, 6) is 1.56. The third kappa shape index (κ3) is 6.23. The maximum absolute atomic E-state index is 5.77. The van der Waals surface area contributed by atoms with E-state index in [2.05, 4.69) is 20.6 Å². The molecule has 23 heavy (non-hydrogen) atoms. The number of hydrogen-bond donors (Lipinski definition) is 2. The van der Waals surface area contributed by atoms with Gasteiger partial charge < -0.3 is 15.4 Å². The number of ether oxygens (including phenoxy) is 1. The molecule has 2 aromatic rings. The maximum atomic E-state index is 5.77. The van der Waals surface area contributed by atoms with Crippen molar-refractivity contribution >= 4 is 41.5 Å². The lowest BCUT2D eigenvalue weighted by Crippen LogP contribution is -2.36. The molecule has 0 bridgehead atoms. The fraction of sp³-hybridized carbons (Fsp3) is 0.250. The number of halogens is 2. The third-order valence-corrected chi connectivity index (χ3v) is 3.33. The third-order valence-electron chi connectivity index (χ3n) is 3.11. The number of nitrogens with one attached hydrogen (secondary N) is 2. The second-order valence-electron chi connectivity index (χ2n) is 4.58. The average molecular weight is 447 g/mol. The summed E-state index contributed by atoms with van der Waals surface area (Å²) in [6, 6.07) is 11.6. The van der Waals surface area contributed by atoms with E-state index in [0.29, 0.717) is 24.2 Å². The van der Waals surface area contributed by atoms with E-state index in [1.165, 1.54) is 0 Å². The molecular formula is C16H20ClIN4O. The zero-order valence-electron chi connectivity index (χ0n) is 13.0. The summed E-state index contributed by atoms with van der Waals surface area (Å²) in [7, 11) is 3.40. The highest BCUT2D eigenvalue weighted by Crippen LogP contribution is 2.16. The standard InChI is InChI=1S/C16H19ClN4O.HI/c1-18-16(20-10-12-7-8-15(17)19-9-12)21-11-13-5-3-4-6-14(13)22-2;/h3-9H,10-11H2,1-2H3,(H2,18,20,21);1H. The van der Waals surface area contributed by atoms with Crippen LogP contribution >= 0.6 is 35.6 Å². The van der Waals surface area contributed by atoms with Crippen molar-refractivity contribution in [1.82, 2.24) is 15.6 Å². The van der Waals surface area contributed by atoms with E-state index in [4.69, 9.17) is 16.3 Å². The number of aliphatic imine (C=N–C) groups is 1. The summed E-state index contributed by atoms with van der Waals surface area (Å²) >= 11 is 5.77. The Bertz CT molecular complexity index is 634. The van der Waals surface area contributed by atoms with Gasteiger partial charge in [-0.3, -0.25) is 4.99 Å². The summed E-state index contributed by atoms with van der Waals surface area (Å²) in [4.78, 5) is 8.25. The molecule has 0 aliphatic rings. The van der Waals surface area contributed by atoms with E-state index in [-0.39, 0.29) is 24.0 Å². The number of pyridine rings is 1. The molecule has 1 aromatic heterocycles. The lowest BCUT2D eigenvalue weighted by Gasteiger charge is -2.13. The lowest BCUT2D eigenvalue weighted by atomic mass is 10.2. The predicted octanol–water partition coefficient (Wildman–Crippen LogP) is 3.23. The van der Waals surface area contributed by atoms with E-state index in [1.807, 2.05) is 30.3 Å². The SMILES string of the molecule is CN=C(NCc1ccc(Cl)nc1)NCc1ccccc1OC.I. The Balaban J connectivity index is 0.00000264. The van der Waals surface area contributed by atoms with Gasteiger partial charge in [-0.1, -0.05) is 35.9 Å². The first-order valence-corrected chi connectivity index (χ1v) is 7.27. The zero-order chi connectivity index (χ0) is 15.8. The first kappa shape index (κ1) is 19.5. The second kappa shape index (κ2) is 10.3. The van der Waals surface area contributed by atoms with Gasteiger partial charge in [-0.15, -0.1) is 24.0 Å². The van der Waals surface area contributed by atoms with Crippen molar-refractivity contribution in [2.24, 2.45) is 4.99 Å². The highest BCUT2D eigenvalue weighted by molar-refractivity contribution is 14.0. The Hall–Kier alpha value is -1.54. The number of aromatic nitrogens is 1. The summed E-state index contributed by atoms with van der Waals surface area (Å²) < 4.78 is 5.33. The van der Waals surface area contributed by atoms with Gasteiger partial charge in [-0.05, 0) is 17.7 Å². The summed E-state index contributed by atoms with van der Waals surface area (Å²) in [6.45, 7) is 1.25. The number of nitrogens with zero attached hydrogens (tertiary/aromatic N) is 2. The number of benzene rings is 1. The zero-order valence-corrected chi connectivity index (χ0v) is 16.1. The molecule has 0 saturated heterocycles. The topological polar surface area (TPSA) is 58.5 Å². The largest absolute Gasteiger partial charge is 0.496 e. The molecule has 1 heterocycles. The Morgan fingerprint density at radius 3 is 2.57 bits per heavy atom. The summed E-state index contributed by atoms with van der Waals surface area (Å²) in [5, 5.41) is 6.97. The predicted molar refractivity (Wildman–Crippen MR) is 105 cm³/mol. The van der Waals surface area contributed by atoms with Gasteiger partial charge in [-0.2, -0.15) is 0 Å². The Kier molecular flexibility index (Phi) is 8.71. The highest BCUT2D eigenvalue weighted by Gasteiger charge is 2.03. The maximum Gasteiger partial charge on any atom is 0.191 e. The number of rotatable bonds is 5. The van der Waals surface area contributed by atoms with Crippen LogP contribution in [-0.2, 0) is 13.1 Å². The Morgan fingerprint density at radius 2 is 1.91 bits per heavy atom. The molecule has 124 valence electrons. The first-order valence-electron chi connectivity index (χ1n) is 6.89. The molecule has 7 heteroatoms. The smallest absolute Gasteiger partial charge is 0.191 e. The minimum atomic E-state index is 0. The molecule has 1 aromatic carbocycles. The van der Waals surface area contributed by atoms with E-state index >= 15 is 0 Å². The molecule has 0 aliphatic carbocycles. The van der Waals surface area contributed by atoms with Crippen LogP contribution in [-0.4, -0.2) is 25.1 Å². The van der Waals surface area contributed by atoms with Gasteiger partial charge in [0, 0.05) is 31.9 Å². The number of guanidine groups is 1. The molecule has 0 spiro atoms. The van der Waals surface area contributed by atoms with Crippen molar-refractivity contribution in [3.63, 3.8) is 0 Å². The minimum Gasteiger partial charge on any atom is -0.496 e. The molecule has 0 atom stereocenters. The highest BCUT2D eigenvalue weighted by atomic mass is 127. The average Bonchev–Trinajstić information content (AvgIpc) is 2.57. The van der Waals surface area contributed by atoms with Crippen LogP contribution in [0.15, 0.2) is 47.6 Å². The summed E-state index contributed by atoms with van der Waals surface area (Å²) in [5.41, 5.74) is 2.10. The molecule has 5 nitrogen and oxygen atoms in total. The van der Waals surface area contributed by atoms with E-state index in [1.54, 1.807) is 26.4 Å². The van der Waals surface area contributed by atoms with Gasteiger partial charge in [0.15, 0.2) is 5.96 Å². The molecule has 0 saturated carbocycles. The molecule has 2 rings (SSSR count). The van der Waals surface area contributed by atoms with Crippen molar-refractivity contribution in [1.29, 1.82) is 0 Å². The molecule has 2 N–H and O–H groups in total. The normalized spacial score (nSPS) is 10.7.